The number of rotatable bonds is 5. The monoisotopic (exact) mass is 398 g/mol. The van der Waals surface area contributed by atoms with Crippen LogP contribution >= 0.6 is 0 Å². The van der Waals surface area contributed by atoms with Gasteiger partial charge in [0.25, 0.3) is 5.91 Å². The molecule has 2 N–H and O–H groups in total. The number of Topliss-reactive ketones (excluding diaryl/α,β-unsaturated/α-hetero) is 1. The van der Waals surface area contributed by atoms with E-state index in [2.05, 4.69) is 15.5 Å². The molecule has 0 unspecified atom stereocenters. The summed E-state index contributed by atoms with van der Waals surface area (Å²) in [5.41, 5.74) is 5.37. The fourth-order valence-electron chi connectivity index (χ4n) is 4.26. The summed E-state index contributed by atoms with van der Waals surface area (Å²) in [4.78, 5) is 24.3. The molecule has 7 heteroatoms. The molecule has 2 aliphatic carbocycles. The average Bonchev–Trinajstić information content (AvgIpc) is 3.30. The van der Waals surface area contributed by atoms with Crippen molar-refractivity contribution in [3.8, 4) is 0 Å². The highest BCUT2D eigenvalue weighted by Crippen LogP contribution is 2.38. The van der Waals surface area contributed by atoms with Crippen LogP contribution in [0.2, 0.25) is 0 Å². The summed E-state index contributed by atoms with van der Waals surface area (Å²) in [5, 5.41) is 0. The van der Waals surface area contributed by atoms with E-state index in [0.717, 1.165) is 49.7 Å². The van der Waals surface area contributed by atoms with E-state index in [9.17, 15) is 18.0 Å². The number of benzene rings is 2. The smallest absolute Gasteiger partial charge is 0.294 e. The van der Waals surface area contributed by atoms with Gasteiger partial charge in [0.2, 0.25) is 0 Å². The molecule has 1 amide bonds. The van der Waals surface area contributed by atoms with Crippen molar-refractivity contribution in [2.75, 3.05) is 4.72 Å². The summed E-state index contributed by atoms with van der Waals surface area (Å²) in [6, 6.07) is 8.40. The molecular weight excluding hydrogens is 376 g/mol. The summed E-state index contributed by atoms with van der Waals surface area (Å²) >= 11 is 0. The number of fused-ring (bicyclic) bond motifs is 2. The quantitative estimate of drug-likeness (QED) is 0.758. The molecule has 28 heavy (non-hydrogen) atoms. The molecule has 0 atom stereocenters. The second kappa shape index (κ2) is 7.05. The Morgan fingerprint density at radius 2 is 1.46 bits per heavy atom. The summed E-state index contributed by atoms with van der Waals surface area (Å²) in [5.74, 6) is -1.11. The van der Waals surface area contributed by atoms with Gasteiger partial charge in [0.15, 0.2) is 5.78 Å². The third kappa shape index (κ3) is 3.42. The molecule has 0 saturated heterocycles. The lowest BCUT2D eigenvalue weighted by molar-refractivity contribution is 0.0960. The van der Waals surface area contributed by atoms with Crippen molar-refractivity contribution < 1.29 is 18.0 Å². The van der Waals surface area contributed by atoms with Crippen LogP contribution < -0.4 is 9.44 Å². The van der Waals surface area contributed by atoms with Crippen LogP contribution in [0.1, 0.15) is 62.7 Å². The maximum absolute atomic E-state index is 12.7. The Bertz CT molecular complexity index is 1060. The largest absolute Gasteiger partial charge is 0.323 e. The van der Waals surface area contributed by atoms with E-state index >= 15 is 0 Å². The molecule has 0 saturated carbocycles. The van der Waals surface area contributed by atoms with Crippen molar-refractivity contribution in [1.29, 1.82) is 0 Å². The van der Waals surface area contributed by atoms with E-state index in [1.54, 1.807) is 12.1 Å². The molecule has 0 radical (unpaired) electrons. The number of carbonyl (C=O) groups excluding carboxylic acids is 2. The molecular formula is C21H22N2O4S. The number of anilines is 1. The first kappa shape index (κ1) is 18.7. The number of hydrogen-bond acceptors (Lipinski definition) is 4. The van der Waals surface area contributed by atoms with E-state index in [-0.39, 0.29) is 16.9 Å². The highest BCUT2D eigenvalue weighted by atomic mass is 32.2. The minimum atomic E-state index is -4.13. The van der Waals surface area contributed by atoms with Crippen LogP contribution in [0.5, 0.6) is 0 Å². The fraction of sp³-hybridized carbons (Fsp3) is 0.333. The molecule has 2 aliphatic rings. The summed E-state index contributed by atoms with van der Waals surface area (Å²) in [6.07, 6.45) is 5.59. The van der Waals surface area contributed by atoms with Crippen molar-refractivity contribution in [3.05, 3.63) is 63.7 Å². The van der Waals surface area contributed by atoms with Crippen LogP contribution in [0, 0.1) is 0 Å². The standard InChI is InChI=1S/C21H22N2O4S/c1-13(24)16-8-2-3-9-19(16)21(25)23-28(26,27)22-20-17-10-4-6-14(17)12-15-7-5-11-18(15)20/h2-3,8-9,12,22H,4-7,10-11H2,1H3,(H,23,25). The number of carbonyl (C=O) groups is 2. The minimum absolute atomic E-state index is 0.0453. The summed E-state index contributed by atoms with van der Waals surface area (Å²) < 4.78 is 30.2. The number of ketones is 1. The second-order valence-corrected chi connectivity index (χ2v) is 8.79. The molecule has 0 heterocycles. The van der Waals surface area contributed by atoms with E-state index in [4.69, 9.17) is 0 Å². The lowest BCUT2D eigenvalue weighted by Crippen LogP contribution is -2.36. The van der Waals surface area contributed by atoms with Gasteiger partial charge in [0, 0.05) is 5.56 Å². The van der Waals surface area contributed by atoms with Gasteiger partial charge < -0.3 is 0 Å². The first-order valence-electron chi connectivity index (χ1n) is 9.47. The zero-order valence-corrected chi connectivity index (χ0v) is 16.5. The Morgan fingerprint density at radius 3 is 2.04 bits per heavy atom. The minimum Gasteiger partial charge on any atom is -0.294 e. The van der Waals surface area contributed by atoms with E-state index in [1.807, 2.05) is 0 Å². The van der Waals surface area contributed by atoms with Crippen molar-refractivity contribution in [2.24, 2.45) is 0 Å². The number of amides is 1. The second-order valence-electron chi connectivity index (χ2n) is 7.37. The Labute approximate surface area is 164 Å². The maximum Gasteiger partial charge on any atom is 0.323 e. The van der Waals surface area contributed by atoms with Gasteiger partial charge in [0.1, 0.15) is 0 Å². The summed E-state index contributed by atoms with van der Waals surface area (Å²) in [6.45, 7) is 1.34. The Kier molecular flexibility index (Phi) is 4.71. The number of nitrogens with one attached hydrogen (secondary N) is 2. The average molecular weight is 398 g/mol. The molecule has 0 aliphatic heterocycles. The Hall–Kier alpha value is -2.67. The predicted molar refractivity (Wildman–Crippen MR) is 107 cm³/mol. The van der Waals surface area contributed by atoms with E-state index in [0.29, 0.717) is 5.69 Å². The van der Waals surface area contributed by atoms with Gasteiger partial charge in [-0.2, -0.15) is 8.42 Å². The van der Waals surface area contributed by atoms with Crippen LogP contribution in [0.3, 0.4) is 0 Å². The normalized spacial score (nSPS) is 15.0. The van der Waals surface area contributed by atoms with Gasteiger partial charge >= 0.3 is 10.2 Å². The molecule has 0 bridgehead atoms. The van der Waals surface area contributed by atoms with Gasteiger partial charge in [-0.15, -0.1) is 0 Å². The molecule has 6 nitrogen and oxygen atoms in total. The van der Waals surface area contributed by atoms with Crippen LogP contribution in [0.4, 0.5) is 5.69 Å². The van der Waals surface area contributed by atoms with Gasteiger partial charge in [-0.25, -0.2) is 4.72 Å². The van der Waals surface area contributed by atoms with E-state index in [1.165, 1.54) is 30.2 Å². The van der Waals surface area contributed by atoms with Crippen molar-refractivity contribution in [2.45, 2.75) is 45.4 Å². The van der Waals surface area contributed by atoms with Gasteiger partial charge in [0.05, 0.1) is 11.3 Å². The topological polar surface area (TPSA) is 92.3 Å². The third-order valence-corrected chi connectivity index (χ3v) is 6.41. The highest BCUT2D eigenvalue weighted by molar-refractivity contribution is 7.91. The van der Waals surface area contributed by atoms with Gasteiger partial charge in [-0.05, 0) is 73.8 Å². The molecule has 0 fully saturated rings. The van der Waals surface area contributed by atoms with Crippen LogP contribution in [-0.2, 0) is 35.9 Å². The molecule has 2 aromatic carbocycles. The molecule has 0 aromatic heterocycles. The number of aryl methyl sites for hydroxylation is 2. The first-order chi connectivity index (χ1) is 13.4. The Morgan fingerprint density at radius 1 is 0.893 bits per heavy atom. The maximum atomic E-state index is 12.7. The lowest BCUT2D eigenvalue weighted by Gasteiger charge is -2.17. The van der Waals surface area contributed by atoms with E-state index < -0.39 is 16.1 Å². The van der Waals surface area contributed by atoms with Crippen molar-refractivity contribution in [1.82, 2.24) is 4.72 Å². The summed E-state index contributed by atoms with van der Waals surface area (Å²) in [7, 11) is -4.13. The van der Waals surface area contributed by atoms with Crippen molar-refractivity contribution in [3.63, 3.8) is 0 Å². The third-order valence-electron chi connectivity index (χ3n) is 5.49. The van der Waals surface area contributed by atoms with Crippen LogP contribution in [-0.4, -0.2) is 20.1 Å². The zero-order chi connectivity index (χ0) is 19.9. The molecule has 2 aromatic rings. The molecule has 4 rings (SSSR count). The van der Waals surface area contributed by atoms with Gasteiger partial charge in [-0.3, -0.25) is 14.3 Å². The van der Waals surface area contributed by atoms with Crippen molar-refractivity contribution >= 4 is 27.6 Å². The lowest BCUT2D eigenvalue weighted by atomic mass is 9.99. The Balaban J connectivity index is 1.63. The fourth-order valence-corrected chi connectivity index (χ4v) is 5.18. The first-order valence-corrected chi connectivity index (χ1v) is 11.0. The predicted octanol–water partition coefficient (Wildman–Crippen LogP) is 2.95. The van der Waals surface area contributed by atoms with Gasteiger partial charge in [-0.1, -0.05) is 24.3 Å². The number of hydrogen-bond donors (Lipinski definition) is 2. The molecule has 0 spiro atoms. The SMILES string of the molecule is CC(=O)c1ccccc1C(=O)NS(=O)(=O)Nc1c2c(cc3c1CCC3)CCC2. The highest BCUT2D eigenvalue weighted by Gasteiger charge is 2.27. The molecule has 146 valence electrons. The van der Waals surface area contributed by atoms with Crippen LogP contribution in [0.25, 0.3) is 0 Å². The van der Waals surface area contributed by atoms with Crippen LogP contribution in [0.15, 0.2) is 30.3 Å². The zero-order valence-electron chi connectivity index (χ0n) is 15.7.